The normalized spacial score (nSPS) is 14.5. The largest absolute Gasteiger partial charge is 0.494 e. The van der Waals surface area contributed by atoms with E-state index >= 15 is 0 Å². The molecule has 0 aliphatic carbocycles. The summed E-state index contributed by atoms with van der Waals surface area (Å²) in [4.78, 5) is 27.4. The fraction of sp³-hybridized carbons (Fsp3) is 0.238. The second-order valence-corrected chi connectivity index (χ2v) is 7.81. The number of rotatable bonds is 6. The van der Waals surface area contributed by atoms with Crippen LogP contribution in [0.2, 0.25) is 0 Å². The topological polar surface area (TPSA) is 46.6 Å². The van der Waals surface area contributed by atoms with Gasteiger partial charge in [-0.15, -0.1) is 11.8 Å². The van der Waals surface area contributed by atoms with Gasteiger partial charge in [-0.1, -0.05) is 38.1 Å². The third kappa shape index (κ3) is 3.76. The third-order valence-corrected chi connectivity index (χ3v) is 5.03. The van der Waals surface area contributed by atoms with Gasteiger partial charge in [0, 0.05) is 5.25 Å². The Morgan fingerprint density at radius 3 is 2.30 bits per heavy atom. The summed E-state index contributed by atoms with van der Waals surface area (Å²) in [7, 11) is 0. The van der Waals surface area contributed by atoms with Crippen LogP contribution in [0.5, 0.6) is 5.75 Å². The van der Waals surface area contributed by atoms with E-state index in [1.807, 2.05) is 20.8 Å². The summed E-state index contributed by atoms with van der Waals surface area (Å²) in [6.07, 6.45) is 0. The number of ether oxygens (including phenoxy) is 1. The average molecular weight is 385 g/mol. The van der Waals surface area contributed by atoms with Gasteiger partial charge >= 0.3 is 0 Å². The van der Waals surface area contributed by atoms with Crippen molar-refractivity contribution in [1.82, 2.24) is 0 Å². The van der Waals surface area contributed by atoms with Crippen LogP contribution >= 0.6 is 11.8 Å². The second-order valence-electron chi connectivity index (χ2n) is 6.23. The van der Waals surface area contributed by atoms with E-state index in [1.165, 1.54) is 30.0 Å². The van der Waals surface area contributed by atoms with E-state index in [0.717, 1.165) is 4.90 Å². The lowest BCUT2D eigenvalue weighted by molar-refractivity contribution is -0.119. The lowest BCUT2D eigenvalue weighted by Crippen LogP contribution is -2.32. The van der Waals surface area contributed by atoms with Gasteiger partial charge in [0.05, 0.1) is 22.8 Å². The SMILES string of the molecule is CCOc1ccc(C2=C(SC(C)C)C(=O)N(c3ccccc3F)C2=O)cc1. The van der Waals surface area contributed by atoms with E-state index in [9.17, 15) is 14.0 Å². The monoisotopic (exact) mass is 385 g/mol. The molecule has 1 aliphatic rings. The Labute approximate surface area is 162 Å². The molecule has 2 aromatic rings. The first-order valence-corrected chi connectivity index (χ1v) is 9.59. The Bertz CT molecular complexity index is 906. The Balaban J connectivity index is 2.07. The quantitative estimate of drug-likeness (QED) is 0.679. The summed E-state index contributed by atoms with van der Waals surface area (Å²) < 4.78 is 19.7. The molecule has 4 nitrogen and oxygen atoms in total. The minimum absolute atomic E-state index is 0.0321. The molecule has 2 amide bonds. The fourth-order valence-corrected chi connectivity index (χ4v) is 3.83. The molecular weight excluding hydrogens is 365 g/mol. The minimum Gasteiger partial charge on any atom is -0.494 e. The smallest absolute Gasteiger partial charge is 0.272 e. The third-order valence-electron chi connectivity index (χ3n) is 3.94. The van der Waals surface area contributed by atoms with Gasteiger partial charge in [0.25, 0.3) is 11.8 Å². The number of para-hydroxylation sites is 1. The van der Waals surface area contributed by atoms with E-state index in [-0.39, 0.29) is 10.9 Å². The van der Waals surface area contributed by atoms with Crippen LogP contribution in [0.4, 0.5) is 10.1 Å². The molecule has 1 aliphatic heterocycles. The molecule has 0 aromatic heterocycles. The van der Waals surface area contributed by atoms with Crippen molar-refractivity contribution < 1.29 is 18.7 Å². The van der Waals surface area contributed by atoms with Gasteiger partial charge in [-0.25, -0.2) is 9.29 Å². The summed E-state index contributed by atoms with van der Waals surface area (Å²) in [5.41, 5.74) is 0.874. The maximum absolute atomic E-state index is 14.3. The van der Waals surface area contributed by atoms with Gasteiger partial charge in [0.2, 0.25) is 0 Å². The van der Waals surface area contributed by atoms with E-state index < -0.39 is 17.6 Å². The number of amides is 2. The summed E-state index contributed by atoms with van der Waals surface area (Å²) in [5, 5.41) is 0.0926. The molecule has 0 N–H and O–H groups in total. The van der Waals surface area contributed by atoms with Crippen LogP contribution in [0.15, 0.2) is 53.4 Å². The maximum atomic E-state index is 14.3. The van der Waals surface area contributed by atoms with Crippen molar-refractivity contribution in [1.29, 1.82) is 0 Å². The number of carbonyl (C=O) groups excluding carboxylic acids is 2. The lowest BCUT2D eigenvalue weighted by Gasteiger charge is -2.16. The standard InChI is InChI=1S/C21H20FNO3S/c1-4-26-15-11-9-14(10-12-15)18-19(27-13(2)3)21(25)23(20(18)24)17-8-6-5-7-16(17)22/h5-13H,4H2,1-3H3. The molecule has 1 heterocycles. The summed E-state index contributed by atoms with van der Waals surface area (Å²) in [6, 6.07) is 12.8. The fourth-order valence-electron chi connectivity index (χ4n) is 2.85. The number of benzene rings is 2. The lowest BCUT2D eigenvalue weighted by atomic mass is 10.1. The Morgan fingerprint density at radius 1 is 1.04 bits per heavy atom. The highest BCUT2D eigenvalue weighted by atomic mass is 32.2. The van der Waals surface area contributed by atoms with E-state index in [4.69, 9.17) is 4.74 Å². The van der Waals surface area contributed by atoms with Crippen molar-refractivity contribution in [2.45, 2.75) is 26.0 Å². The first-order chi connectivity index (χ1) is 12.9. The first kappa shape index (κ1) is 19.2. The Hall–Kier alpha value is -2.60. The summed E-state index contributed by atoms with van der Waals surface area (Å²) in [5.74, 6) is -0.936. The van der Waals surface area contributed by atoms with E-state index in [2.05, 4.69) is 0 Å². The van der Waals surface area contributed by atoms with Gasteiger partial charge in [0.15, 0.2) is 0 Å². The molecule has 0 spiro atoms. The molecule has 0 bridgehead atoms. The van der Waals surface area contributed by atoms with Crippen molar-refractivity contribution in [2.75, 3.05) is 11.5 Å². The second kappa shape index (κ2) is 7.96. The zero-order valence-electron chi connectivity index (χ0n) is 15.4. The Morgan fingerprint density at radius 2 is 1.70 bits per heavy atom. The highest BCUT2D eigenvalue weighted by Crippen LogP contribution is 2.40. The van der Waals surface area contributed by atoms with Crippen molar-refractivity contribution in [3.05, 3.63) is 64.8 Å². The van der Waals surface area contributed by atoms with Crippen LogP contribution in [0.1, 0.15) is 26.3 Å². The predicted octanol–water partition coefficient (Wildman–Crippen LogP) is 4.65. The molecule has 0 atom stereocenters. The molecule has 0 unspecified atom stereocenters. The van der Waals surface area contributed by atoms with Crippen molar-refractivity contribution >= 4 is 34.8 Å². The number of hydrogen-bond acceptors (Lipinski definition) is 4. The zero-order valence-corrected chi connectivity index (χ0v) is 16.2. The van der Waals surface area contributed by atoms with Gasteiger partial charge in [-0.3, -0.25) is 9.59 Å². The molecule has 140 valence electrons. The van der Waals surface area contributed by atoms with Gasteiger partial charge in [-0.05, 0) is 36.8 Å². The molecule has 0 saturated heterocycles. The van der Waals surface area contributed by atoms with Crippen molar-refractivity contribution in [2.24, 2.45) is 0 Å². The Kier molecular flexibility index (Phi) is 5.65. The highest BCUT2D eigenvalue weighted by molar-refractivity contribution is 8.04. The van der Waals surface area contributed by atoms with Gasteiger partial charge in [0.1, 0.15) is 11.6 Å². The minimum atomic E-state index is -0.610. The summed E-state index contributed by atoms with van der Waals surface area (Å²) in [6.45, 7) is 6.31. The predicted molar refractivity (Wildman–Crippen MR) is 106 cm³/mol. The first-order valence-electron chi connectivity index (χ1n) is 8.71. The molecule has 0 radical (unpaired) electrons. The van der Waals surface area contributed by atoms with Crippen LogP contribution in [0, 0.1) is 5.82 Å². The number of carbonyl (C=O) groups is 2. The van der Waals surface area contributed by atoms with Crippen LogP contribution in [-0.4, -0.2) is 23.7 Å². The summed E-state index contributed by atoms with van der Waals surface area (Å²) >= 11 is 1.31. The number of imide groups is 1. The molecule has 0 fully saturated rings. The van der Waals surface area contributed by atoms with Crippen LogP contribution in [-0.2, 0) is 9.59 Å². The van der Waals surface area contributed by atoms with E-state index in [0.29, 0.717) is 28.4 Å². The molecule has 6 heteroatoms. The van der Waals surface area contributed by atoms with Crippen LogP contribution < -0.4 is 9.64 Å². The molecule has 2 aromatic carbocycles. The van der Waals surface area contributed by atoms with Crippen LogP contribution in [0.3, 0.4) is 0 Å². The number of nitrogens with zero attached hydrogens (tertiary/aromatic N) is 1. The molecule has 27 heavy (non-hydrogen) atoms. The number of hydrogen-bond donors (Lipinski definition) is 0. The zero-order chi connectivity index (χ0) is 19.6. The average Bonchev–Trinajstić information content (AvgIpc) is 2.87. The maximum Gasteiger partial charge on any atom is 0.272 e. The van der Waals surface area contributed by atoms with Crippen LogP contribution in [0.25, 0.3) is 5.57 Å². The molecule has 3 rings (SSSR count). The van der Waals surface area contributed by atoms with Gasteiger partial charge in [-0.2, -0.15) is 0 Å². The number of anilines is 1. The number of halogens is 1. The van der Waals surface area contributed by atoms with Crippen molar-refractivity contribution in [3.63, 3.8) is 0 Å². The van der Waals surface area contributed by atoms with Gasteiger partial charge < -0.3 is 4.74 Å². The van der Waals surface area contributed by atoms with E-state index in [1.54, 1.807) is 30.3 Å². The number of thioether (sulfide) groups is 1. The van der Waals surface area contributed by atoms with Crippen molar-refractivity contribution in [3.8, 4) is 5.75 Å². The highest BCUT2D eigenvalue weighted by Gasteiger charge is 2.41. The molecule has 0 saturated carbocycles. The molecular formula is C21H20FNO3S.